The highest BCUT2D eigenvalue weighted by atomic mass is 127. The van der Waals surface area contributed by atoms with Crippen LogP contribution in [0.4, 0.5) is 0 Å². The number of halogens is 2. The van der Waals surface area contributed by atoms with E-state index in [9.17, 15) is 0 Å². The molecular weight excluding hydrogens is 288 g/mol. The molecule has 2 aromatic rings. The number of nitrogens with zero attached hydrogens (tertiary/aromatic N) is 3. The monoisotopic (exact) mass is 291 g/mol. The van der Waals surface area contributed by atoms with Crippen molar-refractivity contribution in [2.75, 3.05) is 0 Å². The molecule has 2 rings (SSSR count). The van der Waals surface area contributed by atoms with Crippen molar-refractivity contribution in [3.8, 4) is 0 Å². The molecule has 0 saturated carbocycles. The van der Waals surface area contributed by atoms with Gasteiger partial charge in [0.15, 0.2) is 10.8 Å². The lowest BCUT2D eigenvalue weighted by Gasteiger charge is -1.96. The van der Waals surface area contributed by atoms with Gasteiger partial charge >= 0.3 is 0 Å². The molecule has 0 aliphatic heterocycles. The summed E-state index contributed by atoms with van der Waals surface area (Å²) in [5, 5.41) is 0.404. The summed E-state index contributed by atoms with van der Waals surface area (Å²) in [7, 11) is 0. The third-order valence-electron chi connectivity index (χ3n) is 1.36. The van der Waals surface area contributed by atoms with Gasteiger partial charge in [-0.3, -0.25) is 0 Å². The van der Waals surface area contributed by atoms with Crippen LogP contribution in [0, 0.1) is 3.70 Å². The van der Waals surface area contributed by atoms with Gasteiger partial charge < -0.3 is 0 Å². The molecule has 0 fully saturated rings. The summed E-state index contributed by atoms with van der Waals surface area (Å²) in [4.78, 5) is 12.3. The fourth-order valence-corrected chi connectivity index (χ4v) is 1.36. The van der Waals surface area contributed by atoms with Crippen LogP contribution in [0.15, 0.2) is 18.3 Å². The van der Waals surface area contributed by atoms with Crippen LogP contribution in [0.5, 0.6) is 0 Å². The first kappa shape index (κ1) is 8.12. The minimum absolute atomic E-state index is 0.404. The number of hydrogen-bond donors (Lipinski definition) is 0. The predicted molar refractivity (Wildman–Crippen MR) is 55.1 cm³/mol. The molecule has 0 bridgehead atoms. The van der Waals surface area contributed by atoms with Gasteiger partial charge in [-0.2, -0.15) is 0 Å². The molecule has 0 N–H and O–H groups in total. The van der Waals surface area contributed by atoms with Crippen molar-refractivity contribution in [2.45, 2.75) is 0 Å². The average molecular weight is 291 g/mol. The fourth-order valence-electron chi connectivity index (χ4n) is 0.853. The third kappa shape index (κ3) is 1.36. The summed E-state index contributed by atoms with van der Waals surface area (Å²) in [6.07, 6.45) is 1.67. The highest BCUT2D eigenvalue weighted by Crippen LogP contribution is 2.16. The SMILES string of the molecule is Clc1nc2ncccc2nc1I. The van der Waals surface area contributed by atoms with Crippen molar-refractivity contribution in [1.29, 1.82) is 0 Å². The van der Waals surface area contributed by atoms with E-state index < -0.39 is 0 Å². The van der Waals surface area contributed by atoms with Crippen molar-refractivity contribution < 1.29 is 0 Å². The minimum Gasteiger partial charge on any atom is -0.235 e. The van der Waals surface area contributed by atoms with Gasteiger partial charge in [-0.15, -0.1) is 0 Å². The number of pyridine rings is 1. The van der Waals surface area contributed by atoms with Crippen molar-refractivity contribution in [2.24, 2.45) is 0 Å². The standard InChI is InChI=1S/C7H3ClIN3/c8-5-6(9)11-4-2-1-3-10-7(4)12-5/h1-3H. The lowest BCUT2D eigenvalue weighted by Crippen LogP contribution is -1.90. The van der Waals surface area contributed by atoms with Gasteiger partial charge in [-0.1, -0.05) is 11.6 Å². The predicted octanol–water partition coefficient (Wildman–Crippen LogP) is 2.28. The molecule has 0 aliphatic carbocycles. The quantitative estimate of drug-likeness (QED) is 0.699. The van der Waals surface area contributed by atoms with E-state index in [1.165, 1.54) is 0 Å². The van der Waals surface area contributed by atoms with E-state index in [4.69, 9.17) is 11.6 Å². The van der Waals surface area contributed by atoms with Crippen LogP contribution in [0.1, 0.15) is 0 Å². The summed E-state index contributed by atoms with van der Waals surface area (Å²) < 4.78 is 0.703. The van der Waals surface area contributed by atoms with Crippen LogP contribution in [-0.2, 0) is 0 Å². The number of fused-ring (bicyclic) bond motifs is 1. The van der Waals surface area contributed by atoms with E-state index in [-0.39, 0.29) is 0 Å². The maximum absolute atomic E-state index is 5.77. The lowest BCUT2D eigenvalue weighted by molar-refractivity contribution is 1.19. The molecule has 0 atom stereocenters. The average Bonchev–Trinajstić information content (AvgIpc) is 2.07. The Morgan fingerprint density at radius 3 is 3.00 bits per heavy atom. The Kier molecular flexibility index (Phi) is 2.10. The highest BCUT2D eigenvalue weighted by molar-refractivity contribution is 14.1. The Morgan fingerprint density at radius 1 is 1.33 bits per heavy atom. The number of hydrogen-bond acceptors (Lipinski definition) is 3. The maximum atomic E-state index is 5.77. The minimum atomic E-state index is 0.404. The van der Waals surface area contributed by atoms with Crippen molar-refractivity contribution in [3.63, 3.8) is 0 Å². The molecule has 0 amide bonds. The first-order valence-electron chi connectivity index (χ1n) is 3.21. The van der Waals surface area contributed by atoms with E-state index in [0.29, 0.717) is 14.5 Å². The van der Waals surface area contributed by atoms with E-state index in [1.807, 2.05) is 34.7 Å². The second-order valence-corrected chi connectivity index (χ2v) is 3.53. The Balaban J connectivity index is 2.84. The molecule has 0 radical (unpaired) electrons. The van der Waals surface area contributed by atoms with Gasteiger partial charge in [0.05, 0.1) is 0 Å². The van der Waals surface area contributed by atoms with Crippen molar-refractivity contribution in [1.82, 2.24) is 15.0 Å². The van der Waals surface area contributed by atoms with E-state index in [1.54, 1.807) is 6.20 Å². The van der Waals surface area contributed by atoms with Gasteiger partial charge in [0.25, 0.3) is 0 Å². The zero-order chi connectivity index (χ0) is 8.55. The molecular formula is C7H3ClIN3. The van der Waals surface area contributed by atoms with Crippen LogP contribution in [-0.4, -0.2) is 15.0 Å². The molecule has 5 heteroatoms. The number of rotatable bonds is 0. The molecule has 12 heavy (non-hydrogen) atoms. The Labute approximate surface area is 87.3 Å². The van der Waals surface area contributed by atoms with Crippen LogP contribution in [0.3, 0.4) is 0 Å². The molecule has 3 nitrogen and oxygen atoms in total. The zero-order valence-electron chi connectivity index (χ0n) is 5.83. The Bertz CT molecular complexity index is 391. The second kappa shape index (κ2) is 3.10. The molecule has 0 unspecified atom stereocenters. The summed E-state index contributed by atoms with van der Waals surface area (Å²) >= 11 is 7.81. The molecule has 0 aliphatic rings. The normalized spacial score (nSPS) is 10.5. The Morgan fingerprint density at radius 2 is 2.17 bits per heavy atom. The first-order chi connectivity index (χ1) is 5.77. The molecule has 2 aromatic heterocycles. The van der Waals surface area contributed by atoms with Crippen LogP contribution >= 0.6 is 34.2 Å². The molecule has 0 aromatic carbocycles. The number of aromatic nitrogens is 3. The van der Waals surface area contributed by atoms with Crippen molar-refractivity contribution in [3.05, 3.63) is 27.2 Å². The summed E-state index contributed by atoms with van der Waals surface area (Å²) in [5.41, 5.74) is 1.36. The van der Waals surface area contributed by atoms with Gasteiger partial charge in [0.1, 0.15) is 9.22 Å². The summed E-state index contributed by atoms with van der Waals surface area (Å²) in [6, 6.07) is 3.68. The second-order valence-electron chi connectivity index (χ2n) is 2.15. The van der Waals surface area contributed by atoms with Gasteiger partial charge in [-0.05, 0) is 34.7 Å². The third-order valence-corrected chi connectivity index (χ3v) is 2.69. The molecule has 0 spiro atoms. The van der Waals surface area contributed by atoms with Gasteiger partial charge in [0.2, 0.25) is 0 Å². The van der Waals surface area contributed by atoms with Gasteiger partial charge in [-0.25, -0.2) is 15.0 Å². The van der Waals surface area contributed by atoms with E-state index in [0.717, 1.165) is 5.52 Å². The topological polar surface area (TPSA) is 38.7 Å². The fraction of sp³-hybridized carbons (Fsp3) is 0. The molecule has 60 valence electrons. The van der Waals surface area contributed by atoms with Crippen LogP contribution in [0.25, 0.3) is 11.2 Å². The van der Waals surface area contributed by atoms with E-state index >= 15 is 0 Å². The first-order valence-corrected chi connectivity index (χ1v) is 4.67. The smallest absolute Gasteiger partial charge is 0.179 e. The maximum Gasteiger partial charge on any atom is 0.179 e. The molecule has 2 heterocycles. The summed E-state index contributed by atoms with van der Waals surface area (Å²) in [5.74, 6) is 0. The van der Waals surface area contributed by atoms with Crippen LogP contribution < -0.4 is 0 Å². The van der Waals surface area contributed by atoms with Crippen molar-refractivity contribution >= 4 is 45.4 Å². The van der Waals surface area contributed by atoms with Gasteiger partial charge in [0, 0.05) is 6.20 Å². The van der Waals surface area contributed by atoms with E-state index in [2.05, 4.69) is 15.0 Å². The lowest BCUT2D eigenvalue weighted by atomic mass is 10.4. The summed E-state index contributed by atoms with van der Waals surface area (Å²) in [6.45, 7) is 0. The van der Waals surface area contributed by atoms with Crippen LogP contribution in [0.2, 0.25) is 5.15 Å². The highest BCUT2D eigenvalue weighted by Gasteiger charge is 2.02. The Hall–Kier alpha value is -0.490. The largest absolute Gasteiger partial charge is 0.235 e. The molecule has 0 saturated heterocycles. The zero-order valence-corrected chi connectivity index (χ0v) is 8.74.